The van der Waals surface area contributed by atoms with E-state index in [-0.39, 0.29) is 5.78 Å². The summed E-state index contributed by atoms with van der Waals surface area (Å²) in [7, 11) is 8.06. The van der Waals surface area contributed by atoms with Crippen molar-refractivity contribution < 1.29 is 14.6 Å². The first kappa shape index (κ1) is 14.6. The molecule has 0 unspecified atom stereocenters. The van der Waals surface area contributed by atoms with E-state index in [2.05, 4.69) is 0 Å². The quantitative estimate of drug-likeness (QED) is 0.437. The van der Waals surface area contributed by atoms with E-state index in [1.807, 2.05) is 52.7 Å². The molecule has 0 radical (unpaired) electrons. The molecular weight excluding hydrogens is 200 g/mol. The number of hydrogen-bond donors (Lipinski definition) is 2. The number of nitrogens with one attached hydrogen (secondary N) is 2. The van der Waals surface area contributed by atoms with Crippen LogP contribution in [0.2, 0.25) is 0 Å². The van der Waals surface area contributed by atoms with Crippen LogP contribution in [0.3, 0.4) is 0 Å². The SMILES string of the molecule is C[NH+](C)C=C/C=C/C(=O)/C=C/C=C/[NH+](C)C. The Morgan fingerprint density at radius 2 is 1.12 bits per heavy atom. The smallest absolute Gasteiger partial charge is 0.178 e. The summed E-state index contributed by atoms with van der Waals surface area (Å²) in [6.45, 7) is 0. The van der Waals surface area contributed by atoms with Crippen LogP contribution >= 0.6 is 0 Å². The lowest BCUT2D eigenvalue weighted by Gasteiger charge is -1.94. The fourth-order valence-corrected chi connectivity index (χ4v) is 0.852. The highest BCUT2D eigenvalue weighted by molar-refractivity contribution is 5.99. The highest BCUT2D eigenvalue weighted by Crippen LogP contribution is 1.82. The average Bonchev–Trinajstić information content (AvgIpc) is 2.19. The minimum atomic E-state index is -0.00295. The molecule has 2 N–H and O–H groups in total. The lowest BCUT2D eigenvalue weighted by Crippen LogP contribution is -3.00. The Morgan fingerprint density at radius 1 is 0.750 bits per heavy atom. The first-order chi connectivity index (χ1) is 7.52. The molecule has 0 aromatic rings. The summed E-state index contributed by atoms with van der Waals surface area (Å²) in [5, 5.41) is 0. The molecule has 0 amide bonds. The minimum Gasteiger partial charge on any atom is -0.314 e. The molecule has 0 saturated heterocycles. The molecule has 0 heterocycles. The van der Waals surface area contributed by atoms with Crippen molar-refractivity contribution in [2.24, 2.45) is 0 Å². The Bertz CT molecular complexity index is 280. The van der Waals surface area contributed by atoms with Gasteiger partial charge in [-0.2, -0.15) is 0 Å². The minimum absolute atomic E-state index is 0.00295. The standard InChI is InChI=1S/C13H20N2O/c1-14(2)11-7-5-9-13(16)10-6-8-12-15(3)4/h5-12H,1-4H3/p+2/b9-5+,10-6+,11-7+,12-8?. The lowest BCUT2D eigenvalue weighted by molar-refractivity contribution is -0.801. The summed E-state index contributed by atoms with van der Waals surface area (Å²) >= 11 is 0. The zero-order valence-corrected chi connectivity index (χ0v) is 10.5. The van der Waals surface area contributed by atoms with Gasteiger partial charge in [-0.1, -0.05) is 12.2 Å². The molecule has 0 aliphatic carbocycles. The number of ketones is 1. The Kier molecular flexibility index (Phi) is 8.03. The number of allylic oxidation sites excluding steroid dienone is 6. The van der Waals surface area contributed by atoms with Gasteiger partial charge < -0.3 is 9.80 Å². The third-order valence-corrected chi connectivity index (χ3v) is 1.60. The Morgan fingerprint density at radius 3 is 1.44 bits per heavy atom. The van der Waals surface area contributed by atoms with Crippen LogP contribution < -0.4 is 9.80 Å². The number of rotatable bonds is 6. The van der Waals surface area contributed by atoms with Gasteiger partial charge in [-0.15, -0.1) is 0 Å². The molecule has 0 rings (SSSR count). The van der Waals surface area contributed by atoms with Gasteiger partial charge in [0, 0.05) is 0 Å². The van der Waals surface area contributed by atoms with Crippen molar-refractivity contribution in [1.29, 1.82) is 0 Å². The van der Waals surface area contributed by atoms with Gasteiger partial charge in [0.1, 0.15) is 0 Å². The summed E-state index contributed by atoms with van der Waals surface area (Å²) in [5.41, 5.74) is 0. The molecule has 0 aromatic carbocycles. The molecule has 0 spiro atoms. The van der Waals surface area contributed by atoms with Gasteiger partial charge in [0.15, 0.2) is 5.78 Å². The molecule has 0 aliphatic rings. The Balaban J connectivity index is 3.99. The molecule has 0 aromatic heterocycles. The first-order valence-electron chi connectivity index (χ1n) is 5.36. The second-order valence-electron chi connectivity index (χ2n) is 3.99. The van der Waals surface area contributed by atoms with Crippen molar-refractivity contribution in [2.45, 2.75) is 0 Å². The predicted octanol–water partition coefficient (Wildman–Crippen LogP) is -1.02. The highest BCUT2D eigenvalue weighted by atomic mass is 16.1. The maximum Gasteiger partial charge on any atom is 0.178 e. The maximum absolute atomic E-state index is 11.3. The summed E-state index contributed by atoms with van der Waals surface area (Å²) in [6.07, 6.45) is 14.2. The van der Waals surface area contributed by atoms with E-state index in [0.29, 0.717) is 0 Å². The largest absolute Gasteiger partial charge is 0.314 e. The van der Waals surface area contributed by atoms with E-state index < -0.39 is 0 Å². The second-order valence-corrected chi connectivity index (χ2v) is 3.99. The summed E-state index contributed by atoms with van der Waals surface area (Å²) in [6, 6.07) is 0. The molecular formula is C13H22N2O+2. The van der Waals surface area contributed by atoms with Crippen LogP contribution in [-0.2, 0) is 4.79 Å². The highest BCUT2D eigenvalue weighted by Gasteiger charge is 1.86. The Hall–Kier alpha value is -1.45. The summed E-state index contributed by atoms with van der Waals surface area (Å²) in [5.74, 6) is -0.00295. The van der Waals surface area contributed by atoms with Crippen molar-refractivity contribution in [3.8, 4) is 0 Å². The van der Waals surface area contributed by atoms with Crippen LogP contribution in [0.4, 0.5) is 0 Å². The van der Waals surface area contributed by atoms with Crippen LogP contribution in [0, 0.1) is 0 Å². The normalized spacial score (nSPS) is 13.4. The predicted molar refractivity (Wildman–Crippen MR) is 67.2 cm³/mol. The summed E-state index contributed by atoms with van der Waals surface area (Å²) in [4.78, 5) is 13.7. The van der Waals surface area contributed by atoms with Crippen LogP contribution in [0.15, 0.2) is 48.9 Å². The molecule has 0 fully saturated rings. The van der Waals surface area contributed by atoms with E-state index in [1.165, 1.54) is 9.80 Å². The number of hydrogen-bond acceptors (Lipinski definition) is 1. The van der Waals surface area contributed by atoms with Gasteiger partial charge in [0.2, 0.25) is 0 Å². The first-order valence-corrected chi connectivity index (χ1v) is 5.36. The van der Waals surface area contributed by atoms with Crippen LogP contribution in [0.1, 0.15) is 0 Å². The van der Waals surface area contributed by atoms with Gasteiger partial charge >= 0.3 is 0 Å². The topological polar surface area (TPSA) is 26.0 Å². The molecule has 88 valence electrons. The summed E-state index contributed by atoms with van der Waals surface area (Å²) < 4.78 is 0. The monoisotopic (exact) mass is 222 g/mol. The van der Waals surface area contributed by atoms with Crippen molar-refractivity contribution in [1.82, 2.24) is 0 Å². The van der Waals surface area contributed by atoms with Crippen molar-refractivity contribution in [2.75, 3.05) is 28.2 Å². The third kappa shape index (κ3) is 10.6. The number of quaternary nitrogens is 2. The van der Waals surface area contributed by atoms with Crippen molar-refractivity contribution in [3.05, 3.63) is 48.9 Å². The Labute approximate surface area is 98.0 Å². The fourth-order valence-electron chi connectivity index (χ4n) is 0.852. The van der Waals surface area contributed by atoms with E-state index in [4.69, 9.17) is 0 Å². The van der Waals surface area contributed by atoms with Crippen LogP contribution in [0.5, 0.6) is 0 Å². The van der Waals surface area contributed by atoms with E-state index >= 15 is 0 Å². The van der Waals surface area contributed by atoms with Gasteiger partial charge in [-0.05, 0) is 24.3 Å². The van der Waals surface area contributed by atoms with Gasteiger partial charge in [-0.3, -0.25) is 4.79 Å². The molecule has 0 aliphatic heterocycles. The van der Waals surface area contributed by atoms with Crippen LogP contribution in [0.25, 0.3) is 0 Å². The maximum atomic E-state index is 11.3. The molecule has 0 saturated carbocycles. The van der Waals surface area contributed by atoms with Gasteiger partial charge in [-0.25, -0.2) is 0 Å². The fraction of sp³-hybridized carbons (Fsp3) is 0.308. The molecule has 3 nitrogen and oxygen atoms in total. The number of carbonyl (C=O) groups is 1. The second kappa shape index (κ2) is 8.83. The third-order valence-electron chi connectivity index (χ3n) is 1.60. The van der Waals surface area contributed by atoms with Gasteiger partial charge in [0.25, 0.3) is 0 Å². The van der Waals surface area contributed by atoms with Crippen LogP contribution in [-0.4, -0.2) is 34.0 Å². The zero-order valence-electron chi connectivity index (χ0n) is 10.5. The van der Waals surface area contributed by atoms with Gasteiger partial charge in [0.05, 0.1) is 40.6 Å². The van der Waals surface area contributed by atoms with E-state index in [0.717, 1.165) is 0 Å². The van der Waals surface area contributed by atoms with Crippen molar-refractivity contribution >= 4 is 5.78 Å². The average molecular weight is 222 g/mol. The molecule has 0 bridgehead atoms. The molecule has 0 atom stereocenters. The molecule has 3 heteroatoms. The molecule has 16 heavy (non-hydrogen) atoms. The van der Waals surface area contributed by atoms with Crippen molar-refractivity contribution in [3.63, 3.8) is 0 Å². The van der Waals surface area contributed by atoms with E-state index in [9.17, 15) is 4.79 Å². The number of carbonyl (C=O) groups excluding carboxylic acids is 1. The lowest BCUT2D eigenvalue weighted by atomic mass is 10.3. The zero-order chi connectivity index (χ0) is 12.4. The van der Waals surface area contributed by atoms with E-state index in [1.54, 1.807) is 24.3 Å².